The van der Waals surface area contributed by atoms with Crippen LogP contribution in [0.25, 0.3) is 10.2 Å². The maximum Gasteiger partial charge on any atom is 0.239 e. The Hall–Kier alpha value is -2.54. The van der Waals surface area contributed by atoms with Crippen LogP contribution in [0.4, 0.5) is 10.2 Å². The maximum atomic E-state index is 13.5. The van der Waals surface area contributed by atoms with E-state index in [2.05, 4.69) is 20.6 Å². The van der Waals surface area contributed by atoms with Crippen LogP contribution in [0.3, 0.4) is 0 Å². The molecule has 0 fully saturated rings. The molecule has 0 atom stereocenters. The van der Waals surface area contributed by atoms with Crippen molar-refractivity contribution >= 4 is 33.3 Å². The first-order chi connectivity index (χ1) is 11.1. The molecule has 0 unspecified atom stereocenters. The van der Waals surface area contributed by atoms with Crippen LogP contribution in [0, 0.1) is 12.7 Å². The van der Waals surface area contributed by atoms with E-state index in [9.17, 15) is 9.18 Å². The molecule has 7 heteroatoms. The molecule has 3 rings (SSSR count). The van der Waals surface area contributed by atoms with Crippen molar-refractivity contribution in [2.75, 3.05) is 11.9 Å². The molecule has 0 bridgehead atoms. The number of nitrogens with one attached hydrogen (secondary N) is 2. The predicted molar refractivity (Wildman–Crippen MR) is 88.9 cm³/mol. The summed E-state index contributed by atoms with van der Waals surface area (Å²) >= 11 is 1.58. The van der Waals surface area contributed by atoms with E-state index in [1.807, 2.05) is 13.0 Å². The van der Waals surface area contributed by atoms with E-state index in [0.29, 0.717) is 11.4 Å². The lowest BCUT2D eigenvalue weighted by molar-refractivity contribution is -0.119. The molecule has 0 radical (unpaired) electrons. The minimum Gasteiger partial charge on any atom is -0.360 e. The number of carbonyl (C=O) groups excluding carboxylic acids is 1. The second kappa shape index (κ2) is 6.70. The minimum absolute atomic E-state index is 0.0649. The fraction of sp³-hybridized carbons (Fsp3) is 0.188. The zero-order valence-electron chi connectivity index (χ0n) is 12.5. The molecular formula is C16H15FN4OS. The van der Waals surface area contributed by atoms with Gasteiger partial charge in [0.2, 0.25) is 5.91 Å². The predicted octanol–water partition coefficient (Wildman–Crippen LogP) is 2.87. The Morgan fingerprint density at radius 3 is 2.96 bits per heavy atom. The van der Waals surface area contributed by atoms with Crippen LogP contribution in [0.2, 0.25) is 0 Å². The van der Waals surface area contributed by atoms with E-state index in [1.165, 1.54) is 12.4 Å². The Kier molecular flexibility index (Phi) is 4.47. The summed E-state index contributed by atoms with van der Waals surface area (Å²) in [5, 5.41) is 6.58. The normalized spacial score (nSPS) is 10.7. The van der Waals surface area contributed by atoms with Gasteiger partial charge in [-0.05, 0) is 19.1 Å². The van der Waals surface area contributed by atoms with E-state index in [1.54, 1.807) is 29.5 Å². The number of halogens is 1. The van der Waals surface area contributed by atoms with Crippen molar-refractivity contribution in [1.29, 1.82) is 0 Å². The minimum atomic E-state index is -0.327. The third-order valence-corrected chi connectivity index (χ3v) is 4.26. The Morgan fingerprint density at radius 2 is 2.13 bits per heavy atom. The number of thiophene rings is 1. The lowest BCUT2D eigenvalue weighted by Crippen LogP contribution is -2.29. The van der Waals surface area contributed by atoms with E-state index in [4.69, 9.17) is 0 Å². The molecule has 0 aliphatic rings. The number of carbonyl (C=O) groups is 1. The molecule has 0 spiro atoms. The fourth-order valence-electron chi connectivity index (χ4n) is 2.18. The van der Waals surface area contributed by atoms with Gasteiger partial charge in [-0.3, -0.25) is 4.79 Å². The van der Waals surface area contributed by atoms with E-state index in [0.717, 1.165) is 15.1 Å². The molecule has 1 amide bonds. The summed E-state index contributed by atoms with van der Waals surface area (Å²) in [6.45, 7) is 2.22. The summed E-state index contributed by atoms with van der Waals surface area (Å²) in [6, 6.07) is 8.35. The standard InChI is InChI=1S/C16H15FN4OS/c1-10-6-12-15(20-9-21-16(12)23-10)19-8-14(22)18-7-11-4-2-3-5-13(11)17/h2-6,9H,7-8H2,1H3,(H,18,22)(H,19,20,21). The van der Waals surface area contributed by atoms with Gasteiger partial charge in [0.15, 0.2) is 0 Å². The van der Waals surface area contributed by atoms with E-state index in [-0.39, 0.29) is 24.8 Å². The van der Waals surface area contributed by atoms with Crippen LogP contribution in [0.5, 0.6) is 0 Å². The first-order valence-electron chi connectivity index (χ1n) is 7.08. The number of aromatic nitrogens is 2. The number of anilines is 1. The van der Waals surface area contributed by atoms with Crippen molar-refractivity contribution in [3.8, 4) is 0 Å². The SMILES string of the molecule is Cc1cc2c(NCC(=O)NCc3ccccc3F)ncnc2s1. The van der Waals surface area contributed by atoms with Crippen molar-refractivity contribution in [1.82, 2.24) is 15.3 Å². The highest BCUT2D eigenvalue weighted by Crippen LogP contribution is 2.27. The average Bonchev–Trinajstić information content (AvgIpc) is 2.93. The van der Waals surface area contributed by atoms with Crippen LogP contribution in [-0.2, 0) is 11.3 Å². The molecular weight excluding hydrogens is 315 g/mol. The third kappa shape index (κ3) is 3.62. The summed E-state index contributed by atoms with van der Waals surface area (Å²) in [7, 11) is 0. The summed E-state index contributed by atoms with van der Waals surface area (Å²) in [4.78, 5) is 22.3. The van der Waals surface area contributed by atoms with Gasteiger partial charge in [0.05, 0.1) is 11.9 Å². The van der Waals surface area contributed by atoms with E-state index < -0.39 is 0 Å². The first-order valence-corrected chi connectivity index (χ1v) is 7.90. The van der Waals surface area contributed by atoms with Crippen LogP contribution in [0.1, 0.15) is 10.4 Å². The zero-order chi connectivity index (χ0) is 16.2. The van der Waals surface area contributed by atoms with E-state index >= 15 is 0 Å². The summed E-state index contributed by atoms with van der Waals surface area (Å²) < 4.78 is 13.5. The third-order valence-electron chi connectivity index (χ3n) is 3.30. The molecule has 2 heterocycles. The molecule has 5 nitrogen and oxygen atoms in total. The van der Waals surface area contributed by atoms with Crippen LogP contribution in [-0.4, -0.2) is 22.4 Å². The summed E-state index contributed by atoms with van der Waals surface area (Å²) in [5.41, 5.74) is 0.457. The van der Waals surface area contributed by atoms with Gasteiger partial charge >= 0.3 is 0 Å². The topological polar surface area (TPSA) is 66.9 Å². The Bertz CT molecular complexity index is 849. The van der Waals surface area contributed by atoms with Gasteiger partial charge in [-0.25, -0.2) is 14.4 Å². The first kappa shape index (κ1) is 15.4. The van der Waals surface area contributed by atoms with Crippen LogP contribution in [0.15, 0.2) is 36.7 Å². The molecule has 2 aromatic heterocycles. The van der Waals surface area contributed by atoms with Gasteiger partial charge in [-0.2, -0.15) is 0 Å². The van der Waals surface area contributed by atoms with Crippen LogP contribution < -0.4 is 10.6 Å². The number of benzene rings is 1. The van der Waals surface area contributed by atoms with Gasteiger partial charge in [0.1, 0.15) is 22.8 Å². The molecule has 0 saturated carbocycles. The quantitative estimate of drug-likeness (QED) is 0.755. The average molecular weight is 330 g/mol. The molecule has 3 aromatic rings. The van der Waals surface area contributed by atoms with Crippen molar-refractivity contribution in [2.45, 2.75) is 13.5 Å². The van der Waals surface area contributed by atoms with Crippen molar-refractivity contribution in [3.63, 3.8) is 0 Å². The van der Waals surface area contributed by atoms with Crippen LogP contribution >= 0.6 is 11.3 Å². The Balaban J connectivity index is 1.59. The highest BCUT2D eigenvalue weighted by molar-refractivity contribution is 7.18. The molecule has 1 aromatic carbocycles. The molecule has 0 aliphatic heterocycles. The van der Waals surface area contributed by atoms with Gasteiger partial charge in [-0.1, -0.05) is 18.2 Å². The number of amides is 1. The fourth-order valence-corrected chi connectivity index (χ4v) is 3.03. The molecule has 2 N–H and O–H groups in total. The molecule has 23 heavy (non-hydrogen) atoms. The van der Waals surface area contributed by atoms with Gasteiger partial charge in [-0.15, -0.1) is 11.3 Å². The smallest absolute Gasteiger partial charge is 0.239 e. The Labute approximate surface area is 136 Å². The summed E-state index contributed by atoms with van der Waals surface area (Å²) in [5.74, 6) is 0.0689. The Morgan fingerprint density at radius 1 is 1.30 bits per heavy atom. The summed E-state index contributed by atoms with van der Waals surface area (Å²) in [6.07, 6.45) is 1.47. The van der Waals surface area contributed by atoms with Gasteiger partial charge in [0, 0.05) is 17.0 Å². The lowest BCUT2D eigenvalue weighted by atomic mass is 10.2. The lowest BCUT2D eigenvalue weighted by Gasteiger charge is -2.08. The zero-order valence-corrected chi connectivity index (χ0v) is 13.3. The largest absolute Gasteiger partial charge is 0.360 e. The van der Waals surface area contributed by atoms with Crippen molar-refractivity contribution < 1.29 is 9.18 Å². The maximum absolute atomic E-state index is 13.5. The number of hydrogen-bond acceptors (Lipinski definition) is 5. The number of nitrogens with zero attached hydrogens (tertiary/aromatic N) is 2. The molecule has 118 valence electrons. The number of aryl methyl sites for hydroxylation is 1. The number of hydrogen-bond donors (Lipinski definition) is 2. The number of rotatable bonds is 5. The highest BCUT2D eigenvalue weighted by atomic mass is 32.1. The monoisotopic (exact) mass is 330 g/mol. The highest BCUT2D eigenvalue weighted by Gasteiger charge is 2.09. The second-order valence-corrected chi connectivity index (χ2v) is 6.25. The number of fused-ring (bicyclic) bond motifs is 1. The van der Waals surface area contributed by atoms with Crippen molar-refractivity contribution in [2.24, 2.45) is 0 Å². The van der Waals surface area contributed by atoms with Gasteiger partial charge in [0.25, 0.3) is 0 Å². The second-order valence-electron chi connectivity index (χ2n) is 5.02. The van der Waals surface area contributed by atoms with Gasteiger partial charge < -0.3 is 10.6 Å². The van der Waals surface area contributed by atoms with Crippen molar-refractivity contribution in [3.05, 3.63) is 52.9 Å². The molecule has 0 aliphatic carbocycles. The molecule has 0 saturated heterocycles.